The molecular weight excluding hydrogens is 482 g/mol. The van der Waals surface area contributed by atoms with Gasteiger partial charge in [0.1, 0.15) is 12.2 Å². The predicted octanol–water partition coefficient (Wildman–Crippen LogP) is 1.21. The highest BCUT2D eigenvalue weighted by Crippen LogP contribution is 2.27. The highest BCUT2D eigenvalue weighted by atomic mass is 16.6. The summed E-state index contributed by atoms with van der Waals surface area (Å²) in [7, 11) is 0. The van der Waals surface area contributed by atoms with Gasteiger partial charge in [-0.3, -0.25) is 19.2 Å². The van der Waals surface area contributed by atoms with E-state index >= 15 is 0 Å². The van der Waals surface area contributed by atoms with E-state index in [4.69, 9.17) is 34.0 Å². The molecule has 1 fully saturated rings. The minimum atomic E-state index is -1.34. The molecule has 0 aromatic heterocycles. The second kappa shape index (κ2) is 15.2. The van der Waals surface area contributed by atoms with Crippen molar-refractivity contribution >= 4 is 23.9 Å². The van der Waals surface area contributed by atoms with Crippen molar-refractivity contribution in [1.29, 1.82) is 0 Å². The Morgan fingerprint density at radius 2 is 1.53 bits per heavy atom. The molecule has 1 aliphatic heterocycles. The molecule has 0 bridgehead atoms. The summed E-state index contributed by atoms with van der Waals surface area (Å²) in [5.74, 6) is -3.42. The van der Waals surface area contributed by atoms with Gasteiger partial charge in [0.05, 0.1) is 31.5 Å². The maximum absolute atomic E-state index is 12.0. The molecule has 14 heteroatoms. The van der Waals surface area contributed by atoms with E-state index in [1.807, 2.05) is 0 Å². The second-order valence-corrected chi connectivity index (χ2v) is 8.48. The van der Waals surface area contributed by atoms with E-state index in [2.05, 4.69) is 10.0 Å². The summed E-state index contributed by atoms with van der Waals surface area (Å²) in [6.07, 6.45) is -7.26. The van der Waals surface area contributed by atoms with E-state index in [-0.39, 0.29) is 26.2 Å². The largest absolute Gasteiger partial charge is 0.465 e. The number of azide groups is 1. The second-order valence-electron chi connectivity index (χ2n) is 8.48. The molecule has 0 amide bonds. The number of aliphatic hydroxyl groups excluding tert-OH is 1. The maximum Gasteiger partial charge on any atom is 0.303 e. The van der Waals surface area contributed by atoms with Gasteiger partial charge in [0.15, 0.2) is 12.2 Å². The van der Waals surface area contributed by atoms with Crippen LogP contribution in [0.2, 0.25) is 0 Å². The van der Waals surface area contributed by atoms with E-state index in [1.54, 1.807) is 6.92 Å². The third-order valence-corrected chi connectivity index (χ3v) is 5.34. The number of aliphatic hydroxyl groups is 1. The van der Waals surface area contributed by atoms with E-state index < -0.39 is 72.5 Å². The first-order valence-corrected chi connectivity index (χ1v) is 11.5. The third kappa shape index (κ3) is 10.4. The Morgan fingerprint density at radius 1 is 0.972 bits per heavy atom. The Hall–Kier alpha value is -2.93. The molecule has 0 radical (unpaired) electrons. The van der Waals surface area contributed by atoms with Gasteiger partial charge >= 0.3 is 23.9 Å². The average molecular weight is 518 g/mol. The smallest absolute Gasteiger partial charge is 0.303 e. The maximum atomic E-state index is 12.0. The van der Waals surface area contributed by atoms with Crippen molar-refractivity contribution in [2.24, 2.45) is 11.0 Å². The summed E-state index contributed by atoms with van der Waals surface area (Å²) in [5, 5.41) is 14.1. The van der Waals surface area contributed by atoms with Crippen molar-refractivity contribution in [3.63, 3.8) is 0 Å². The van der Waals surface area contributed by atoms with Crippen molar-refractivity contribution in [2.45, 2.75) is 90.7 Å². The topological polar surface area (TPSA) is 193 Å². The molecule has 0 aromatic rings. The molecule has 1 rings (SSSR count). The normalized spacial score (nSPS) is 23.6. The van der Waals surface area contributed by atoms with Gasteiger partial charge in [-0.2, -0.15) is 0 Å². The molecule has 204 valence electrons. The highest BCUT2D eigenvalue weighted by Gasteiger charge is 2.45. The lowest BCUT2D eigenvalue weighted by Gasteiger charge is -2.40. The molecule has 1 aliphatic rings. The average Bonchev–Trinajstić information content (AvgIpc) is 2.78. The van der Waals surface area contributed by atoms with Crippen molar-refractivity contribution < 1.29 is 52.7 Å². The summed E-state index contributed by atoms with van der Waals surface area (Å²) in [6, 6.07) is 0. The molecule has 1 N–H and O–H groups in total. The molecule has 1 heterocycles. The Balaban J connectivity index is 3.28. The highest BCUT2D eigenvalue weighted by molar-refractivity contribution is 5.68. The van der Waals surface area contributed by atoms with Crippen molar-refractivity contribution in [1.82, 2.24) is 0 Å². The number of carbonyl (C=O) groups is 4. The number of rotatable bonds is 13. The summed E-state index contributed by atoms with van der Waals surface area (Å²) in [6.45, 7) is 7.70. The lowest BCUT2D eigenvalue weighted by Crippen LogP contribution is -2.55. The van der Waals surface area contributed by atoms with Crippen molar-refractivity contribution in [3.05, 3.63) is 10.4 Å². The van der Waals surface area contributed by atoms with Gasteiger partial charge in [0, 0.05) is 45.1 Å². The van der Waals surface area contributed by atoms with Gasteiger partial charge in [-0.05, 0) is 18.9 Å². The van der Waals surface area contributed by atoms with Crippen LogP contribution >= 0.6 is 0 Å². The number of ether oxygens (including phenoxy) is 6. The first-order chi connectivity index (χ1) is 16.9. The number of nitrogens with zero attached hydrogens (tertiary/aromatic N) is 3. The number of hydrogen-bond donors (Lipinski definition) is 1. The van der Waals surface area contributed by atoms with E-state index in [0.29, 0.717) is 0 Å². The third-order valence-electron chi connectivity index (χ3n) is 5.34. The molecule has 0 spiro atoms. The van der Waals surface area contributed by atoms with Crippen LogP contribution in [0.1, 0.15) is 48.0 Å². The summed E-state index contributed by atoms with van der Waals surface area (Å²) in [5.41, 5.74) is 8.55. The standard InChI is InChI=1S/C22H35N3O11/c1-11(10-32-13(3)26)20(34-14(4)27)22(36-16(6)29)21(35-15(5)28)12(2)33-17-7-8-31-18(19(17)30)9-24-25-23/h11-12,17-22,30H,7-10H2,1-6H3. The van der Waals surface area contributed by atoms with Crippen LogP contribution in [0.5, 0.6) is 0 Å². The first-order valence-electron chi connectivity index (χ1n) is 11.5. The summed E-state index contributed by atoms with van der Waals surface area (Å²) in [4.78, 5) is 49.9. The van der Waals surface area contributed by atoms with Crippen LogP contribution in [0.25, 0.3) is 10.4 Å². The van der Waals surface area contributed by atoms with Crippen LogP contribution in [-0.2, 0) is 47.6 Å². The predicted molar refractivity (Wildman–Crippen MR) is 121 cm³/mol. The minimum Gasteiger partial charge on any atom is -0.465 e. The molecule has 8 unspecified atom stereocenters. The van der Waals surface area contributed by atoms with Crippen LogP contribution in [-0.4, -0.2) is 91.5 Å². The minimum absolute atomic E-state index is 0.114. The molecule has 14 nitrogen and oxygen atoms in total. The van der Waals surface area contributed by atoms with Crippen LogP contribution in [0.3, 0.4) is 0 Å². The summed E-state index contributed by atoms with van der Waals surface area (Å²) >= 11 is 0. The summed E-state index contributed by atoms with van der Waals surface area (Å²) < 4.78 is 32.8. The Labute approximate surface area is 209 Å². The Kier molecular flexibility index (Phi) is 13.2. The fourth-order valence-corrected chi connectivity index (χ4v) is 3.80. The lowest BCUT2D eigenvalue weighted by atomic mass is 9.93. The van der Waals surface area contributed by atoms with E-state index in [1.165, 1.54) is 13.8 Å². The van der Waals surface area contributed by atoms with Gasteiger partial charge in [-0.1, -0.05) is 12.0 Å². The lowest BCUT2D eigenvalue weighted by molar-refractivity contribution is -0.218. The van der Waals surface area contributed by atoms with Gasteiger partial charge in [-0.25, -0.2) is 0 Å². The van der Waals surface area contributed by atoms with Gasteiger partial charge < -0.3 is 33.5 Å². The number of carbonyl (C=O) groups excluding carboxylic acids is 4. The Bertz CT molecular complexity index is 817. The van der Waals surface area contributed by atoms with Gasteiger partial charge in [0.2, 0.25) is 0 Å². The fraction of sp³-hybridized carbons (Fsp3) is 0.818. The van der Waals surface area contributed by atoms with E-state index in [0.717, 1.165) is 20.8 Å². The van der Waals surface area contributed by atoms with Gasteiger partial charge in [0.25, 0.3) is 0 Å². The number of hydrogen-bond acceptors (Lipinski definition) is 12. The van der Waals surface area contributed by atoms with Crippen molar-refractivity contribution in [3.8, 4) is 0 Å². The molecule has 0 saturated carbocycles. The van der Waals surface area contributed by atoms with E-state index in [9.17, 15) is 24.3 Å². The monoisotopic (exact) mass is 517 g/mol. The van der Waals surface area contributed by atoms with Crippen molar-refractivity contribution in [2.75, 3.05) is 19.8 Å². The zero-order valence-electron chi connectivity index (χ0n) is 21.3. The zero-order chi connectivity index (χ0) is 27.4. The fourth-order valence-electron chi connectivity index (χ4n) is 3.80. The number of esters is 4. The van der Waals surface area contributed by atoms with Crippen LogP contribution in [0.15, 0.2) is 5.11 Å². The van der Waals surface area contributed by atoms with Crippen LogP contribution < -0.4 is 0 Å². The van der Waals surface area contributed by atoms with Crippen LogP contribution in [0.4, 0.5) is 0 Å². The van der Waals surface area contributed by atoms with Gasteiger partial charge in [-0.15, -0.1) is 0 Å². The SMILES string of the molecule is CC(=O)OCC(C)C(OC(C)=O)C(OC(C)=O)C(OC(C)=O)C(C)OC1CCOC(CN=[N+]=[N-])C1O. The molecule has 0 aliphatic carbocycles. The quantitative estimate of drug-likeness (QED) is 0.121. The molecule has 8 atom stereocenters. The molecule has 0 aromatic carbocycles. The first kappa shape index (κ1) is 31.1. The molecule has 1 saturated heterocycles. The zero-order valence-corrected chi connectivity index (χ0v) is 21.3. The molecule has 36 heavy (non-hydrogen) atoms. The van der Waals surface area contributed by atoms with Crippen LogP contribution in [0, 0.1) is 5.92 Å². The Morgan fingerprint density at radius 3 is 2.06 bits per heavy atom. The molecular formula is C22H35N3O11.